The summed E-state index contributed by atoms with van der Waals surface area (Å²) >= 11 is 0. The topological polar surface area (TPSA) is 46.5 Å². The van der Waals surface area contributed by atoms with Gasteiger partial charge in [-0.1, -0.05) is 45.9 Å². The van der Waals surface area contributed by atoms with Crippen molar-refractivity contribution in [2.24, 2.45) is 5.41 Å². The largest absolute Gasteiger partial charge is 0.478 e. The van der Waals surface area contributed by atoms with Gasteiger partial charge in [0.15, 0.2) is 0 Å². The van der Waals surface area contributed by atoms with Gasteiger partial charge in [-0.25, -0.2) is 4.79 Å². The van der Waals surface area contributed by atoms with Gasteiger partial charge in [0.05, 0.1) is 0 Å². The zero-order valence-corrected chi connectivity index (χ0v) is 11.6. The van der Waals surface area contributed by atoms with Crippen molar-refractivity contribution in [3.05, 3.63) is 30.3 Å². The van der Waals surface area contributed by atoms with Crippen molar-refractivity contribution in [2.45, 2.75) is 46.1 Å². The van der Waals surface area contributed by atoms with Crippen LogP contribution in [0.15, 0.2) is 30.3 Å². The standard InChI is InChI=1S/C15H22O3/c1-5-14(3,4)15(6-2,13(16)17)18-12-10-8-7-9-11-12/h7-11H,5-6H2,1-4H3,(H,16,17). The Morgan fingerprint density at radius 1 is 1.17 bits per heavy atom. The van der Waals surface area contributed by atoms with Gasteiger partial charge in [-0.2, -0.15) is 0 Å². The molecule has 1 rings (SSSR count). The first-order valence-corrected chi connectivity index (χ1v) is 6.37. The highest BCUT2D eigenvalue weighted by molar-refractivity contribution is 5.79. The fourth-order valence-corrected chi connectivity index (χ4v) is 2.15. The summed E-state index contributed by atoms with van der Waals surface area (Å²) in [6.45, 7) is 7.72. The molecular formula is C15H22O3. The molecule has 0 amide bonds. The molecule has 100 valence electrons. The lowest BCUT2D eigenvalue weighted by molar-refractivity contribution is -0.168. The third-order valence-electron chi connectivity index (χ3n) is 3.86. The van der Waals surface area contributed by atoms with E-state index >= 15 is 0 Å². The lowest BCUT2D eigenvalue weighted by atomic mass is 9.71. The van der Waals surface area contributed by atoms with Crippen LogP contribution in [0.1, 0.15) is 40.5 Å². The van der Waals surface area contributed by atoms with E-state index in [1.54, 1.807) is 12.1 Å². The van der Waals surface area contributed by atoms with Crippen LogP contribution in [-0.4, -0.2) is 16.7 Å². The summed E-state index contributed by atoms with van der Waals surface area (Å²) in [5, 5.41) is 9.63. The molecule has 0 heterocycles. The second kappa shape index (κ2) is 5.42. The van der Waals surface area contributed by atoms with Gasteiger partial charge in [0.1, 0.15) is 5.75 Å². The third-order valence-corrected chi connectivity index (χ3v) is 3.86. The number of ether oxygens (including phenoxy) is 1. The van der Waals surface area contributed by atoms with Crippen molar-refractivity contribution in [2.75, 3.05) is 0 Å². The number of hydrogen-bond acceptors (Lipinski definition) is 2. The number of para-hydroxylation sites is 1. The molecule has 0 aromatic heterocycles. The average Bonchev–Trinajstić information content (AvgIpc) is 2.36. The quantitative estimate of drug-likeness (QED) is 0.836. The van der Waals surface area contributed by atoms with Crippen molar-refractivity contribution in [1.29, 1.82) is 0 Å². The summed E-state index contributed by atoms with van der Waals surface area (Å²) in [7, 11) is 0. The van der Waals surface area contributed by atoms with Crippen molar-refractivity contribution in [3.63, 3.8) is 0 Å². The van der Waals surface area contributed by atoms with E-state index in [9.17, 15) is 9.90 Å². The maximum Gasteiger partial charge on any atom is 0.348 e. The molecule has 0 aliphatic carbocycles. The highest BCUT2D eigenvalue weighted by Crippen LogP contribution is 2.40. The molecule has 1 N–H and O–H groups in total. The summed E-state index contributed by atoms with van der Waals surface area (Å²) in [4.78, 5) is 11.7. The van der Waals surface area contributed by atoms with E-state index in [1.165, 1.54) is 0 Å². The number of carbonyl (C=O) groups is 1. The highest BCUT2D eigenvalue weighted by atomic mass is 16.5. The van der Waals surface area contributed by atoms with Crippen LogP contribution in [0.3, 0.4) is 0 Å². The lowest BCUT2D eigenvalue weighted by Gasteiger charge is -2.42. The number of benzene rings is 1. The number of carboxylic acid groups (broad SMARTS) is 1. The van der Waals surface area contributed by atoms with Crippen LogP contribution in [0, 0.1) is 5.41 Å². The second-order valence-electron chi connectivity index (χ2n) is 5.14. The minimum Gasteiger partial charge on any atom is -0.478 e. The number of rotatable bonds is 6. The highest BCUT2D eigenvalue weighted by Gasteiger charge is 2.51. The SMILES string of the molecule is CCC(C)(C)C(CC)(Oc1ccccc1)C(=O)O. The van der Waals surface area contributed by atoms with Crippen LogP contribution in [0.25, 0.3) is 0 Å². The van der Waals surface area contributed by atoms with Gasteiger partial charge in [0.25, 0.3) is 0 Å². The maximum absolute atomic E-state index is 11.7. The van der Waals surface area contributed by atoms with Crippen LogP contribution in [-0.2, 0) is 4.79 Å². The fraction of sp³-hybridized carbons (Fsp3) is 0.533. The molecule has 0 saturated carbocycles. The predicted octanol–water partition coefficient (Wildman–Crippen LogP) is 3.74. The molecule has 1 aromatic carbocycles. The zero-order valence-electron chi connectivity index (χ0n) is 11.6. The number of hydrogen-bond donors (Lipinski definition) is 1. The summed E-state index contributed by atoms with van der Waals surface area (Å²) in [5.41, 5.74) is -1.63. The molecule has 0 fully saturated rings. The molecule has 0 bridgehead atoms. The van der Waals surface area contributed by atoms with Crippen molar-refractivity contribution >= 4 is 5.97 Å². The number of aliphatic carboxylic acids is 1. The molecule has 0 saturated heterocycles. The monoisotopic (exact) mass is 250 g/mol. The first-order valence-electron chi connectivity index (χ1n) is 6.37. The molecule has 0 radical (unpaired) electrons. The summed E-state index contributed by atoms with van der Waals surface area (Å²) in [5.74, 6) is -0.302. The Balaban J connectivity index is 3.17. The smallest absolute Gasteiger partial charge is 0.348 e. The predicted molar refractivity (Wildman–Crippen MR) is 71.8 cm³/mol. The van der Waals surface area contributed by atoms with E-state index in [0.29, 0.717) is 12.2 Å². The fourth-order valence-electron chi connectivity index (χ4n) is 2.15. The summed E-state index contributed by atoms with van der Waals surface area (Å²) in [6.07, 6.45) is 1.16. The molecule has 0 aliphatic heterocycles. The Hall–Kier alpha value is -1.51. The molecule has 1 aromatic rings. The minimum absolute atomic E-state index is 0.429. The second-order valence-corrected chi connectivity index (χ2v) is 5.14. The molecule has 3 nitrogen and oxygen atoms in total. The van der Waals surface area contributed by atoms with Crippen LogP contribution in [0.4, 0.5) is 0 Å². The zero-order chi connectivity index (χ0) is 13.8. The van der Waals surface area contributed by atoms with E-state index in [0.717, 1.165) is 6.42 Å². The van der Waals surface area contributed by atoms with Gasteiger partial charge < -0.3 is 9.84 Å². The van der Waals surface area contributed by atoms with E-state index in [2.05, 4.69) is 0 Å². The Morgan fingerprint density at radius 2 is 1.72 bits per heavy atom. The van der Waals surface area contributed by atoms with E-state index in [-0.39, 0.29) is 0 Å². The van der Waals surface area contributed by atoms with Crippen molar-refractivity contribution in [1.82, 2.24) is 0 Å². The van der Waals surface area contributed by atoms with Gasteiger partial charge in [-0.05, 0) is 25.0 Å². The van der Waals surface area contributed by atoms with E-state index in [4.69, 9.17) is 4.74 Å². The molecule has 1 atom stereocenters. The van der Waals surface area contributed by atoms with Gasteiger partial charge in [0, 0.05) is 5.41 Å². The first kappa shape index (κ1) is 14.6. The van der Waals surface area contributed by atoms with Crippen molar-refractivity contribution in [3.8, 4) is 5.75 Å². The van der Waals surface area contributed by atoms with Crippen LogP contribution >= 0.6 is 0 Å². The van der Waals surface area contributed by atoms with Crippen LogP contribution in [0.2, 0.25) is 0 Å². The number of carboxylic acids is 1. The average molecular weight is 250 g/mol. The minimum atomic E-state index is -1.19. The normalized spacial score (nSPS) is 14.9. The Morgan fingerprint density at radius 3 is 2.11 bits per heavy atom. The lowest BCUT2D eigenvalue weighted by Crippen LogP contribution is -2.55. The Kier molecular flexibility index (Phi) is 4.38. The Labute approximate surface area is 109 Å². The van der Waals surface area contributed by atoms with Gasteiger partial charge >= 0.3 is 5.97 Å². The third kappa shape index (κ3) is 2.50. The van der Waals surface area contributed by atoms with Crippen molar-refractivity contribution < 1.29 is 14.6 Å². The molecule has 1 unspecified atom stereocenters. The molecule has 0 aliphatic rings. The van der Waals surface area contributed by atoms with Crippen LogP contribution < -0.4 is 4.74 Å². The molecule has 18 heavy (non-hydrogen) atoms. The van der Waals surface area contributed by atoms with Gasteiger partial charge in [-0.15, -0.1) is 0 Å². The molecule has 3 heteroatoms. The van der Waals surface area contributed by atoms with E-state index < -0.39 is 17.0 Å². The summed E-state index contributed by atoms with van der Waals surface area (Å²) in [6, 6.07) is 9.15. The van der Waals surface area contributed by atoms with Gasteiger partial charge in [-0.3, -0.25) is 0 Å². The van der Waals surface area contributed by atoms with E-state index in [1.807, 2.05) is 45.9 Å². The van der Waals surface area contributed by atoms with Gasteiger partial charge in [0.2, 0.25) is 5.60 Å². The Bertz CT molecular complexity index is 397. The summed E-state index contributed by atoms with van der Waals surface area (Å²) < 4.78 is 5.87. The maximum atomic E-state index is 11.7. The van der Waals surface area contributed by atoms with Crippen LogP contribution in [0.5, 0.6) is 5.75 Å². The first-order chi connectivity index (χ1) is 8.39. The molecular weight excluding hydrogens is 228 g/mol. The molecule has 0 spiro atoms.